The van der Waals surface area contributed by atoms with Gasteiger partial charge in [0, 0.05) is 30.9 Å². The van der Waals surface area contributed by atoms with E-state index in [9.17, 15) is 10.1 Å². The zero-order chi connectivity index (χ0) is 19.6. The fourth-order valence-electron chi connectivity index (χ4n) is 4.35. The Morgan fingerprint density at radius 1 is 1.29 bits per heavy atom. The van der Waals surface area contributed by atoms with Gasteiger partial charge in [0.25, 0.3) is 5.69 Å². The second-order valence-corrected chi connectivity index (χ2v) is 8.75. The summed E-state index contributed by atoms with van der Waals surface area (Å²) in [5, 5.41) is 12.0. The Morgan fingerprint density at radius 3 is 2.71 bits per heavy atom. The Kier molecular flexibility index (Phi) is 5.89. The Balaban J connectivity index is 1.55. The lowest BCUT2D eigenvalue weighted by atomic mass is 9.98. The van der Waals surface area contributed by atoms with Crippen molar-refractivity contribution in [3.05, 3.63) is 33.9 Å². The highest BCUT2D eigenvalue weighted by Crippen LogP contribution is 2.45. The molecule has 3 fully saturated rings. The summed E-state index contributed by atoms with van der Waals surface area (Å²) >= 11 is 1.81. The molecule has 1 aromatic rings. The smallest absolute Gasteiger partial charge is 0.269 e. The van der Waals surface area contributed by atoms with Crippen LogP contribution in [0.2, 0.25) is 0 Å². The van der Waals surface area contributed by atoms with E-state index in [0.717, 1.165) is 54.8 Å². The minimum absolute atomic E-state index is 0.108. The van der Waals surface area contributed by atoms with Crippen molar-refractivity contribution in [2.24, 2.45) is 4.99 Å². The molecule has 4 rings (SSSR count). The van der Waals surface area contributed by atoms with E-state index in [4.69, 9.17) is 14.5 Å². The van der Waals surface area contributed by atoms with Gasteiger partial charge in [0.05, 0.1) is 29.4 Å². The molecule has 2 aliphatic heterocycles. The van der Waals surface area contributed by atoms with Gasteiger partial charge in [-0.05, 0) is 37.8 Å². The lowest BCUT2D eigenvalue weighted by molar-refractivity contribution is -0.384. The summed E-state index contributed by atoms with van der Waals surface area (Å²) in [6, 6.07) is 4.88. The fraction of sp³-hybridized carbons (Fsp3) is 0.650. The first kappa shape index (κ1) is 19.7. The van der Waals surface area contributed by atoms with E-state index in [2.05, 4.69) is 4.90 Å². The van der Waals surface area contributed by atoms with Crippen LogP contribution in [0.15, 0.2) is 23.2 Å². The van der Waals surface area contributed by atoms with E-state index >= 15 is 0 Å². The molecule has 0 unspecified atom stereocenters. The minimum Gasteiger partial charge on any atom is -0.353 e. The van der Waals surface area contributed by atoms with E-state index in [-0.39, 0.29) is 22.4 Å². The molecule has 0 amide bonds. The molecule has 0 aromatic heterocycles. The average molecular weight is 406 g/mol. The molecule has 1 saturated carbocycles. The summed E-state index contributed by atoms with van der Waals surface area (Å²) in [4.78, 5) is 18.0. The van der Waals surface area contributed by atoms with Gasteiger partial charge in [0.1, 0.15) is 0 Å². The number of nitro benzene ring substituents is 1. The van der Waals surface area contributed by atoms with Gasteiger partial charge in [-0.3, -0.25) is 10.1 Å². The highest BCUT2D eigenvalue weighted by Gasteiger charge is 2.46. The summed E-state index contributed by atoms with van der Waals surface area (Å²) in [5.41, 5.74) is 1.93. The number of ether oxygens (including phenoxy) is 2. The standard InChI is InChI=1S/C20H27N3O4S/c1-15-13-16(23(24)25)5-6-17(15)21-19-22(10-7-18-26-11-4-12-27-18)20(14-28-19)8-2-3-9-20/h5-6,13,18H,2-4,7-12,14H2,1H3/b21-19+. The number of nitro groups is 1. The maximum Gasteiger partial charge on any atom is 0.269 e. The van der Waals surface area contributed by atoms with Crippen LogP contribution in [-0.4, -0.2) is 52.3 Å². The number of benzene rings is 1. The third-order valence-electron chi connectivity index (χ3n) is 5.90. The Morgan fingerprint density at radius 2 is 2.04 bits per heavy atom. The molecule has 7 nitrogen and oxygen atoms in total. The molecule has 8 heteroatoms. The summed E-state index contributed by atoms with van der Waals surface area (Å²) in [6.07, 6.45) is 6.59. The van der Waals surface area contributed by atoms with Crippen LogP contribution in [0.3, 0.4) is 0 Å². The van der Waals surface area contributed by atoms with Gasteiger partial charge in [-0.15, -0.1) is 0 Å². The highest BCUT2D eigenvalue weighted by molar-refractivity contribution is 8.14. The SMILES string of the molecule is Cc1cc([N+](=O)[O-])ccc1/N=C1/SCC2(CCCC2)N1CCC1OCCCO1. The number of hydrogen-bond donors (Lipinski definition) is 0. The molecule has 0 atom stereocenters. The molecule has 152 valence electrons. The van der Waals surface area contributed by atoms with Crippen LogP contribution in [-0.2, 0) is 9.47 Å². The quantitative estimate of drug-likeness (QED) is 0.534. The van der Waals surface area contributed by atoms with Crippen LogP contribution in [0, 0.1) is 17.0 Å². The Hall–Kier alpha value is -1.64. The number of non-ortho nitro benzene ring substituents is 1. The van der Waals surface area contributed by atoms with Gasteiger partial charge in [-0.1, -0.05) is 24.6 Å². The van der Waals surface area contributed by atoms with Gasteiger partial charge < -0.3 is 14.4 Å². The van der Waals surface area contributed by atoms with Crippen LogP contribution in [0.5, 0.6) is 0 Å². The van der Waals surface area contributed by atoms with Crippen LogP contribution < -0.4 is 0 Å². The van der Waals surface area contributed by atoms with Crippen molar-refractivity contribution in [3.63, 3.8) is 0 Å². The molecule has 0 N–H and O–H groups in total. The highest BCUT2D eigenvalue weighted by atomic mass is 32.2. The molecule has 2 saturated heterocycles. The van der Waals surface area contributed by atoms with Gasteiger partial charge in [-0.25, -0.2) is 4.99 Å². The number of nitrogens with zero attached hydrogens (tertiary/aromatic N) is 3. The molecule has 1 aromatic carbocycles. The summed E-state index contributed by atoms with van der Waals surface area (Å²) in [5.74, 6) is 1.06. The first-order chi connectivity index (χ1) is 13.6. The van der Waals surface area contributed by atoms with Crippen molar-refractivity contribution >= 4 is 28.3 Å². The molecule has 0 radical (unpaired) electrons. The van der Waals surface area contributed by atoms with Crippen molar-refractivity contribution in [2.75, 3.05) is 25.5 Å². The van der Waals surface area contributed by atoms with Crippen LogP contribution >= 0.6 is 11.8 Å². The van der Waals surface area contributed by atoms with Crippen molar-refractivity contribution in [1.29, 1.82) is 0 Å². The van der Waals surface area contributed by atoms with Crippen molar-refractivity contribution < 1.29 is 14.4 Å². The van der Waals surface area contributed by atoms with E-state index < -0.39 is 0 Å². The first-order valence-electron chi connectivity index (χ1n) is 10.0. The largest absolute Gasteiger partial charge is 0.353 e. The molecule has 2 heterocycles. The molecular formula is C20H27N3O4S. The maximum absolute atomic E-state index is 11.0. The molecule has 1 spiro atoms. The van der Waals surface area contributed by atoms with Crippen molar-refractivity contribution in [2.45, 2.75) is 57.3 Å². The number of amidine groups is 1. The van der Waals surface area contributed by atoms with Crippen LogP contribution in [0.1, 0.15) is 44.1 Å². The fourth-order valence-corrected chi connectivity index (χ4v) is 5.80. The predicted molar refractivity (Wildman–Crippen MR) is 110 cm³/mol. The molecule has 28 heavy (non-hydrogen) atoms. The summed E-state index contributed by atoms with van der Waals surface area (Å²) < 4.78 is 11.5. The predicted octanol–water partition coefficient (Wildman–Crippen LogP) is 4.41. The molecule has 3 aliphatic rings. The topological polar surface area (TPSA) is 77.2 Å². The first-order valence-corrected chi connectivity index (χ1v) is 11.0. The number of aryl methyl sites for hydroxylation is 1. The van der Waals surface area contributed by atoms with Gasteiger partial charge in [-0.2, -0.15) is 0 Å². The number of hydrogen-bond acceptors (Lipinski definition) is 6. The molecule has 1 aliphatic carbocycles. The van der Waals surface area contributed by atoms with Gasteiger partial charge in [0.2, 0.25) is 0 Å². The Labute approximate surface area is 169 Å². The lowest BCUT2D eigenvalue weighted by Gasteiger charge is -2.37. The Bertz CT molecular complexity index is 758. The van der Waals surface area contributed by atoms with Gasteiger partial charge >= 0.3 is 0 Å². The van der Waals surface area contributed by atoms with Crippen molar-refractivity contribution in [1.82, 2.24) is 4.90 Å². The monoisotopic (exact) mass is 405 g/mol. The average Bonchev–Trinajstić information content (AvgIpc) is 3.30. The second-order valence-electron chi connectivity index (χ2n) is 7.81. The van der Waals surface area contributed by atoms with E-state index in [1.807, 2.05) is 18.7 Å². The third kappa shape index (κ3) is 4.04. The third-order valence-corrected chi connectivity index (χ3v) is 7.15. The number of thioether (sulfide) groups is 1. The molecule has 0 bridgehead atoms. The normalized spacial score (nSPS) is 23.8. The minimum atomic E-state index is -0.363. The van der Waals surface area contributed by atoms with E-state index in [1.165, 1.54) is 31.7 Å². The lowest BCUT2D eigenvalue weighted by Crippen LogP contribution is -2.46. The summed E-state index contributed by atoms with van der Waals surface area (Å²) in [6.45, 7) is 4.29. The van der Waals surface area contributed by atoms with Crippen LogP contribution in [0.25, 0.3) is 0 Å². The maximum atomic E-state index is 11.0. The van der Waals surface area contributed by atoms with E-state index in [1.54, 1.807) is 12.1 Å². The molecular weight excluding hydrogens is 378 g/mol. The zero-order valence-corrected chi connectivity index (χ0v) is 17.1. The van der Waals surface area contributed by atoms with E-state index in [0.29, 0.717) is 0 Å². The number of rotatable bonds is 5. The van der Waals surface area contributed by atoms with Gasteiger partial charge in [0.15, 0.2) is 11.5 Å². The second kappa shape index (κ2) is 8.39. The van der Waals surface area contributed by atoms with Crippen molar-refractivity contribution in [3.8, 4) is 0 Å². The zero-order valence-electron chi connectivity index (χ0n) is 16.3. The summed E-state index contributed by atoms with van der Waals surface area (Å²) in [7, 11) is 0. The van der Waals surface area contributed by atoms with Crippen LogP contribution in [0.4, 0.5) is 11.4 Å². The number of aliphatic imine (C=N–C) groups is 1.